The van der Waals surface area contributed by atoms with Crippen molar-refractivity contribution in [2.75, 3.05) is 39.8 Å². The van der Waals surface area contributed by atoms with Gasteiger partial charge in [-0.25, -0.2) is 18.1 Å². The molecule has 0 aromatic heterocycles. The summed E-state index contributed by atoms with van der Waals surface area (Å²) in [7, 11) is -1.50. The summed E-state index contributed by atoms with van der Waals surface area (Å²) in [6, 6.07) is 5.88. The predicted octanol–water partition coefficient (Wildman–Crippen LogP) is -1.13. The SMILES string of the molecule is C[NH+]1CCN(NC(=O)CCNS(=O)(=O)c2ccc(Cl)cc2)CC1. The molecule has 1 aromatic rings. The summed E-state index contributed by atoms with van der Waals surface area (Å²) in [6.07, 6.45) is 0.0893. The molecule has 0 saturated carbocycles. The summed E-state index contributed by atoms with van der Waals surface area (Å²) < 4.78 is 26.5. The van der Waals surface area contributed by atoms with E-state index in [-0.39, 0.29) is 23.8 Å². The van der Waals surface area contributed by atoms with Gasteiger partial charge in [0, 0.05) is 18.0 Å². The van der Waals surface area contributed by atoms with E-state index in [1.165, 1.54) is 29.2 Å². The van der Waals surface area contributed by atoms with E-state index in [0.717, 1.165) is 26.2 Å². The van der Waals surface area contributed by atoms with Gasteiger partial charge in [0.25, 0.3) is 0 Å². The molecule has 1 saturated heterocycles. The highest BCUT2D eigenvalue weighted by molar-refractivity contribution is 7.89. The Labute approximate surface area is 141 Å². The Kier molecular flexibility index (Phi) is 6.37. The Bertz CT molecular complexity index is 628. The summed E-state index contributed by atoms with van der Waals surface area (Å²) in [4.78, 5) is 13.4. The van der Waals surface area contributed by atoms with Gasteiger partial charge >= 0.3 is 0 Å². The molecule has 0 atom stereocenters. The maximum Gasteiger partial charge on any atom is 0.240 e. The molecule has 3 N–H and O–H groups in total. The Balaban J connectivity index is 1.75. The molecule has 7 nitrogen and oxygen atoms in total. The van der Waals surface area contributed by atoms with Crippen LogP contribution >= 0.6 is 11.6 Å². The third-order valence-electron chi connectivity index (χ3n) is 3.67. The van der Waals surface area contributed by atoms with Gasteiger partial charge in [-0.05, 0) is 24.3 Å². The summed E-state index contributed by atoms with van der Waals surface area (Å²) in [5.41, 5.74) is 2.80. The van der Waals surface area contributed by atoms with Gasteiger partial charge in [-0.2, -0.15) is 0 Å². The number of piperazine rings is 1. The van der Waals surface area contributed by atoms with Gasteiger partial charge in [0.1, 0.15) is 0 Å². The first kappa shape index (κ1) is 18.2. The van der Waals surface area contributed by atoms with Gasteiger partial charge in [-0.15, -0.1) is 0 Å². The first-order chi connectivity index (χ1) is 10.9. The molecular formula is C14H22ClN4O3S+. The number of sulfonamides is 1. The van der Waals surface area contributed by atoms with Crippen LogP contribution in [0.25, 0.3) is 0 Å². The smallest absolute Gasteiger partial charge is 0.240 e. The van der Waals surface area contributed by atoms with Gasteiger partial charge in [0.05, 0.1) is 38.1 Å². The number of nitrogens with one attached hydrogen (secondary N) is 3. The number of hydrogen-bond donors (Lipinski definition) is 3. The first-order valence-electron chi connectivity index (χ1n) is 7.48. The van der Waals surface area contributed by atoms with Crippen LogP contribution in [0, 0.1) is 0 Å². The molecule has 1 heterocycles. The van der Waals surface area contributed by atoms with E-state index in [4.69, 9.17) is 11.6 Å². The van der Waals surface area contributed by atoms with Crippen LogP contribution in [-0.2, 0) is 14.8 Å². The molecule has 0 radical (unpaired) electrons. The number of likely N-dealkylation sites (N-methyl/N-ethyl adjacent to an activating group) is 1. The Hall–Kier alpha value is -1.19. The lowest BCUT2D eigenvalue weighted by Crippen LogP contribution is -3.12. The van der Waals surface area contributed by atoms with E-state index in [0.29, 0.717) is 5.02 Å². The van der Waals surface area contributed by atoms with Crippen molar-refractivity contribution in [2.24, 2.45) is 0 Å². The number of hydrogen-bond acceptors (Lipinski definition) is 4. The Morgan fingerprint density at radius 2 is 1.87 bits per heavy atom. The lowest BCUT2D eigenvalue weighted by Gasteiger charge is -2.30. The van der Waals surface area contributed by atoms with Crippen molar-refractivity contribution in [2.45, 2.75) is 11.3 Å². The molecule has 1 fully saturated rings. The van der Waals surface area contributed by atoms with E-state index < -0.39 is 10.0 Å². The number of nitrogens with zero attached hydrogens (tertiary/aromatic N) is 1. The van der Waals surface area contributed by atoms with Crippen LogP contribution in [0.1, 0.15) is 6.42 Å². The van der Waals surface area contributed by atoms with Crippen molar-refractivity contribution in [3.05, 3.63) is 29.3 Å². The average molecular weight is 362 g/mol. The van der Waals surface area contributed by atoms with Gasteiger partial charge in [0.2, 0.25) is 15.9 Å². The van der Waals surface area contributed by atoms with Crippen molar-refractivity contribution in [1.29, 1.82) is 0 Å². The fourth-order valence-electron chi connectivity index (χ4n) is 2.23. The highest BCUT2D eigenvalue weighted by atomic mass is 35.5. The van der Waals surface area contributed by atoms with Crippen molar-refractivity contribution in [3.8, 4) is 0 Å². The number of carbonyl (C=O) groups is 1. The van der Waals surface area contributed by atoms with E-state index >= 15 is 0 Å². The second-order valence-corrected chi connectivity index (χ2v) is 7.78. The van der Waals surface area contributed by atoms with Crippen molar-refractivity contribution < 1.29 is 18.1 Å². The molecular weight excluding hydrogens is 340 g/mol. The number of amides is 1. The average Bonchev–Trinajstić information content (AvgIpc) is 2.50. The van der Waals surface area contributed by atoms with Crippen LogP contribution < -0.4 is 15.0 Å². The van der Waals surface area contributed by atoms with E-state index in [9.17, 15) is 13.2 Å². The third kappa shape index (κ3) is 5.74. The van der Waals surface area contributed by atoms with Crippen LogP contribution in [-0.4, -0.2) is 59.1 Å². The van der Waals surface area contributed by atoms with Crippen LogP contribution in [0.2, 0.25) is 5.02 Å². The van der Waals surface area contributed by atoms with E-state index in [2.05, 4.69) is 17.2 Å². The third-order valence-corrected chi connectivity index (χ3v) is 5.40. The van der Waals surface area contributed by atoms with Crippen LogP contribution in [0.5, 0.6) is 0 Å². The second kappa shape index (κ2) is 8.07. The van der Waals surface area contributed by atoms with Crippen LogP contribution in [0.15, 0.2) is 29.2 Å². The quantitative estimate of drug-likeness (QED) is 0.599. The summed E-state index contributed by atoms with van der Waals surface area (Å²) in [5.74, 6) is -0.191. The maximum atomic E-state index is 12.1. The zero-order valence-corrected chi connectivity index (χ0v) is 14.6. The molecule has 23 heavy (non-hydrogen) atoms. The van der Waals surface area contributed by atoms with Crippen molar-refractivity contribution in [1.82, 2.24) is 15.2 Å². The lowest BCUT2D eigenvalue weighted by molar-refractivity contribution is -0.884. The Morgan fingerprint density at radius 3 is 2.48 bits per heavy atom. The normalized spacial score (nSPS) is 17.1. The fourth-order valence-corrected chi connectivity index (χ4v) is 3.39. The standard InChI is InChI=1S/C14H21ClN4O3S/c1-18-8-10-19(11-9-18)17-14(20)6-7-16-23(21,22)13-4-2-12(15)3-5-13/h2-5,16H,6-11H2,1H3,(H,17,20)/p+1. The minimum absolute atomic E-state index is 0.0514. The molecule has 1 amide bonds. The zero-order chi connectivity index (χ0) is 16.9. The highest BCUT2D eigenvalue weighted by Gasteiger charge is 2.19. The molecule has 2 rings (SSSR count). The highest BCUT2D eigenvalue weighted by Crippen LogP contribution is 2.13. The van der Waals surface area contributed by atoms with Crippen LogP contribution in [0.3, 0.4) is 0 Å². The molecule has 0 spiro atoms. The topological polar surface area (TPSA) is 82.9 Å². The Morgan fingerprint density at radius 1 is 1.26 bits per heavy atom. The predicted molar refractivity (Wildman–Crippen MR) is 87.6 cm³/mol. The van der Waals surface area contributed by atoms with Crippen molar-refractivity contribution >= 4 is 27.5 Å². The zero-order valence-electron chi connectivity index (χ0n) is 13.0. The van der Waals surface area contributed by atoms with E-state index in [1.54, 1.807) is 0 Å². The minimum Gasteiger partial charge on any atom is -0.335 e. The number of halogens is 1. The van der Waals surface area contributed by atoms with Crippen LogP contribution in [0.4, 0.5) is 0 Å². The summed E-state index contributed by atoms with van der Waals surface area (Å²) >= 11 is 5.73. The number of hydrazine groups is 1. The molecule has 9 heteroatoms. The number of quaternary nitrogens is 1. The molecule has 0 unspecified atom stereocenters. The molecule has 1 aliphatic heterocycles. The monoisotopic (exact) mass is 361 g/mol. The second-order valence-electron chi connectivity index (χ2n) is 5.58. The van der Waals surface area contributed by atoms with Crippen molar-refractivity contribution in [3.63, 3.8) is 0 Å². The van der Waals surface area contributed by atoms with Gasteiger partial charge in [-0.3, -0.25) is 10.2 Å². The first-order valence-corrected chi connectivity index (χ1v) is 9.34. The van der Waals surface area contributed by atoms with Gasteiger partial charge in [-0.1, -0.05) is 11.6 Å². The van der Waals surface area contributed by atoms with E-state index in [1.807, 2.05) is 5.01 Å². The molecule has 1 aromatic carbocycles. The maximum absolute atomic E-state index is 12.1. The van der Waals surface area contributed by atoms with Gasteiger partial charge in [0.15, 0.2) is 0 Å². The van der Waals surface area contributed by atoms with Gasteiger partial charge < -0.3 is 4.90 Å². The molecule has 1 aliphatic rings. The number of rotatable bonds is 6. The minimum atomic E-state index is -3.62. The summed E-state index contributed by atoms with van der Waals surface area (Å²) in [6.45, 7) is 3.60. The molecule has 0 bridgehead atoms. The number of benzene rings is 1. The molecule has 0 aliphatic carbocycles. The largest absolute Gasteiger partial charge is 0.335 e. The fraction of sp³-hybridized carbons (Fsp3) is 0.500. The summed E-state index contributed by atoms with van der Waals surface area (Å²) in [5, 5.41) is 2.35. The lowest BCUT2D eigenvalue weighted by atomic mass is 10.4. The number of carbonyl (C=O) groups excluding carboxylic acids is 1. The molecule has 128 valence electrons.